The number of nitrogens with zero attached hydrogens (tertiary/aromatic N) is 1. The highest BCUT2D eigenvalue weighted by Crippen LogP contribution is 2.18. The van der Waals surface area contributed by atoms with E-state index in [-0.39, 0.29) is 6.04 Å². The van der Waals surface area contributed by atoms with Gasteiger partial charge in [0.05, 0.1) is 0 Å². The van der Waals surface area contributed by atoms with Gasteiger partial charge in [0.25, 0.3) is 0 Å². The van der Waals surface area contributed by atoms with Gasteiger partial charge >= 0.3 is 11.8 Å². The number of hydrogen-bond donors (Lipinski definition) is 2. The van der Waals surface area contributed by atoms with Gasteiger partial charge in [-0.2, -0.15) is 0 Å². The average Bonchev–Trinajstić information content (AvgIpc) is 3.40. The van der Waals surface area contributed by atoms with E-state index in [9.17, 15) is 9.59 Å². The second-order valence-corrected chi connectivity index (χ2v) is 6.47. The molecule has 2 amide bonds. The summed E-state index contributed by atoms with van der Waals surface area (Å²) < 4.78 is 0. The Balaban J connectivity index is 1.82. The molecule has 0 saturated heterocycles. The molecule has 0 atom stereocenters. The molecule has 1 saturated carbocycles. The molecule has 2 rings (SSSR count). The molecule has 0 spiro atoms. The smallest absolute Gasteiger partial charge is 0.309 e. The van der Waals surface area contributed by atoms with Crippen LogP contribution in [-0.4, -0.2) is 35.8 Å². The van der Waals surface area contributed by atoms with Gasteiger partial charge < -0.3 is 10.6 Å². The summed E-state index contributed by atoms with van der Waals surface area (Å²) in [4.78, 5) is 25.8. The zero-order chi connectivity index (χ0) is 17.4. The van der Waals surface area contributed by atoms with Crippen LogP contribution < -0.4 is 10.6 Å². The molecule has 132 valence electrons. The number of hydrogen-bond acceptors (Lipinski definition) is 3. The third kappa shape index (κ3) is 6.32. The summed E-state index contributed by atoms with van der Waals surface area (Å²) in [7, 11) is 0. The highest BCUT2D eigenvalue weighted by molar-refractivity contribution is 6.35. The van der Waals surface area contributed by atoms with Crippen LogP contribution in [0.1, 0.15) is 50.7 Å². The highest BCUT2D eigenvalue weighted by atomic mass is 16.2. The third-order valence-electron chi connectivity index (χ3n) is 4.24. The Bertz CT molecular complexity index is 555. The Labute approximate surface area is 144 Å². The van der Waals surface area contributed by atoms with Crippen LogP contribution in [0.25, 0.3) is 0 Å². The molecule has 0 unspecified atom stereocenters. The molecule has 2 N–H and O–H groups in total. The van der Waals surface area contributed by atoms with Crippen LogP contribution in [0.5, 0.6) is 0 Å². The topological polar surface area (TPSA) is 61.4 Å². The normalized spacial score (nSPS) is 13.8. The molecule has 0 bridgehead atoms. The van der Waals surface area contributed by atoms with E-state index >= 15 is 0 Å². The Morgan fingerprint density at radius 3 is 2.58 bits per heavy atom. The van der Waals surface area contributed by atoms with Gasteiger partial charge in [-0.3, -0.25) is 14.5 Å². The Morgan fingerprint density at radius 2 is 1.92 bits per heavy atom. The standard InChI is InChI=1S/C19H29N3O2/c1-3-5-11-22(4-2)14-16-8-6-7-15(12-16)13-20-18(23)19(24)21-17-9-10-17/h6-8,12,17H,3-5,9-11,13-14H2,1-2H3,(H,20,23)(H,21,24). The Morgan fingerprint density at radius 1 is 1.17 bits per heavy atom. The Hall–Kier alpha value is -1.88. The SMILES string of the molecule is CCCCN(CC)Cc1cccc(CNC(=O)C(=O)NC2CC2)c1. The predicted molar refractivity (Wildman–Crippen MR) is 95.3 cm³/mol. The quantitative estimate of drug-likeness (QED) is 0.682. The fourth-order valence-corrected chi connectivity index (χ4v) is 2.57. The lowest BCUT2D eigenvalue weighted by Gasteiger charge is -2.20. The van der Waals surface area contributed by atoms with Crippen molar-refractivity contribution >= 4 is 11.8 Å². The minimum Gasteiger partial charge on any atom is -0.345 e. The van der Waals surface area contributed by atoms with Crippen LogP contribution in [0.4, 0.5) is 0 Å². The molecule has 1 aromatic rings. The van der Waals surface area contributed by atoms with Gasteiger partial charge in [-0.05, 0) is 43.5 Å². The van der Waals surface area contributed by atoms with Gasteiger partial charge in [-0.15, -0.1) is 0 Å². The lowest BCUT2D eigenvalue weighted by molar-refractivity contribution is -0.139. The summed E-state index contributed by atoms with van der Waals surface area (Å²) in [5, 5.41) is 5.39. The van der Waals surface area contributed by atoms with Crippen LogP contribution in [-0.2, 0) is 22.7 Å². The van der Waals surface area contributed by atoms with E-state index in [4.69, 9.17) is 0 Å². The van der Waals surface area contributed by atoms with Gasteiger partial charge in [0.15, 0.2) is 0 Å². The van der Waals surface area contributed by atoms with E-state index in [1.165, 1.54) is 18.4 Å². The second kappa shape index (κ2) is 9.42. The van der Waals surface area contributed by atoms with Crippen molar-refractivity contribution in [1.29, 1.82) is 0 Å². The first-order chi connectivity index (χ1) is 11.6. The molecule has 1 fully saturated rings. The van der Waals surface area contributed by atoms with E-state index in [2.05, 4.69) is 41.5 Å². The molecule has 1 aromatic carbocycles. The first-order valence-electron chi connectivity index (χ1n) is 9.01. The third-order valence-corrected chi connectivity index (χ3v) is 4.24. The zero-order valence-corrected chi connectivity index (χ0v) is 14.8. The van der Waals surface area contributed by atoms with Crippen molar-refractivity contribution in [1.82, 2.24) is 15.5 Å². The van der Waals surface area contributed by atoms with Crippen LogP contribution in [0.15, 0.2) is 24.3 Å². The summed E-state index contributed by atoms with van der Waals surface area (Å²) in [6, 6.07) is 8.40. The first-order valence-corrected chi connectivity index (χ1v) is 9.01. The van der Waals surface area contributed by atoms with E-state index in [0.29, 0.717) is 6.54 Å². The molecule has 1 aliphatic rings. The summed E-state index contributed by atoms with van der Waals surface area (Å²) in [6.45, 7) is 7.82. The number of carbonyl (C=O) groups is 2. The molecule has 1 aliphatic carbocycles. The van der Waals surface area contributed by atoms with Crippen molar-refractivity contribution in [3.8, 4) is 0 Å². The average molecular weight is 331 g/mol. The van der Waals surface area contributed by atoms with Crippen LogP contribution in [0, 0.1) is 0 Å². The predicted octanol–water partition coefficient (Wildman–Crippen LogP) is 2.20. The summed E-state index contributed by atoms with van der Waals surface area (Å²) in [5.41, 5.74) is 2.26. The number of benzene rings is 1. The van der Waals surface area contributed by atoms with Crippen molar-refractivity contribution < 1.29 is 9.59 Å². The zero-order valence-electron chi connectivity index (χ0n) is 14.8. The largest absolute Gasteiger partial charge is 0.345 e. The van der Waals surface area contributed by atoms with Gasteiger partial charge in [-0.1, -0.05) is 44.5 Å². The van der Waals surface area contributed by atoms with Crippen molar-refractivity contribution in [2.24, 2.45) is 0 Å². The lowest BCUT2D eigenvalue weighted by atomic mass is 10.1. The van der Waals surface area contributed by atoms with E-state index in [1.54, 1.807) is 0 Å². The van der Waals surface area contributed by atoms with Crippen LogP contribution in [0.3, 0.4) is 0 Å². The number of carbonyl (C=O) groups excluding carboxylic acids is 2. The maximum absolute atomic E-state index is 11.8. The fraction of sp³-hybridized carbons (Fsp3) is 0.579. The van der Waals surface area contributed by atoms with E-state index < -0.39 is 11.8 Å². The monoisotopic (exact) mass is 331 g/mol. The molecule has 0 aromatic heterocycles. The van der Waals surface area contributed by atoms with Crippen molar-refractivity contribution in [3.63, 3.8) is 0 Å². The fourth-order valence-electron chi connectivity index (χ4n) is 2.57. The van der Waals surface area contributed by atoms with Crippen molar-refractivity contribution in [3.05, 3.63) is 35.4 Å². The number of amides is 2. The van der Waals surface area contributed by atoms with Crippen LogP contribution in [0.2, 0.25) is 0 Å². The minimum atomic E-state index is -0.551. The molecule has 0 heterocycles. The summed E-state index contributed by atoms with van der Waals surface area (Å²) >= 11 is 0. The maximum atomic E-state index is 11.8. The lowest BCUT2D eigenvalue weighted by Crippen LogP contribution is -2.40. The molecule has 5 heteroatoms. The van der Waals surface area contributed by atoms with E-state index in [0.717, 1.165) is 38.0 Å². The van der Waals surface area contributed by atoms with Crippen molar-refractivity contribution in [2.45, 2.75) is 58.7 Å². The van der Waals surface area contributed by atoms with Gasteiger partial charge in [0.2, 0.25) is 0 Å². The molecular weight excluding hydrogens is 302 g/mol. The van der Waals surface area contributed by atoms with Gasteiger partial charge in [-0.25, -0.2) is 0 Å². The second-order valence-electron chi connectivity index (χ2n) is 6.47. The molecule has 0 aliphatic heterocycles. The first kappa shape index (κ1) is 18.5. The summed E-state index contributed by atoms with van der Waals surface area (Å²) in [5.74, 6) is -1.07. The molecule has 24 heavy (non-hydrogen) atoms. The Kier molecular flexibility index (Phi) is 7.25. The molecular formula is C19H29N3O2. The van der Waals surface area contributed by atoms with Crippen LogP contribution >= 0.6 is 0 Å². The minimum absolute atomic E-state index is 0.203. The molecule has 0 radical (unpaired) electrons. The number of nitrogens with one attached hydrogen (secondary N) is 2. The van der Waals surface area contributed by atoms with E-state index in [1.807, 2.05) is 12.1 Å². The van der Waals surface area contributed by atoms with Gasteiger partial charge in [0, 0.05) is 19.1 Å². The molecule has 5 nitrogen and oxygen atoms in total. The van der Waals surface area contributed by atoms with Crippen molar-refractivity contribution in [2.75, 3.05) is 13.1 Å². The maximum Gasteiger partial charge on any atom is 0.309 e. The highest BCUT2D eigenvalue weighted by Gasteiger charge is 2.26. The van der Waals surface area contributed by atoms with Gasteiger partial charge in [0.1, 0.15) is 0 Å². The number of rotatable bonds is 9. The summed E-state index contributed by atoms with van der Waals surface area (Å²) in [6.07, 6.45) is 4.37. The number of unbranched alkanes of at least 4 members (excludes halogenated alkanes) is 1.